The SMILES string of the molecule is CC(=O)[C@@H](Cl)[C@@H](Br)c1ccccc1. The molecule has 0 aromatic heterocycles. The molecule has 0 aliphatic heterocycles. The molecule has 0 amide bonds. The summed E-state index contributed by atoms with van der Waals surface area (Å²) in [5.74, 6) is -0.0209. The van der Waals surface area contributed by atoms with Crippen molar-refractivity contribution in [1.82, 2.24) is 0 Å². The van der Waals surface area contributed by atoms with E-state index in [4.69, 9.17) is 11.6 Å². The first kappa shape index (κ1) is 10.7. The fourth-order valence-corrected chi connectivity index (χ4v) is 1.83. The summed E-state index contributed by atoms with van der Waals surface area (Å²) in [6.45, 7) is 1.49. The first-order chi connectivity index (χ1) is 6.13. The minimum Gasteiger partial charge on any atom is -0.298 e. The van der Waals surface area contributed by atoms with Crippen molar-refractivity contribution in [2.45, 2.75) is 17.1 Å². The molecule has 0 heterocycles. The van der Waals surface area contributed by atoms with E-state index in [1.807, 2.05) is 30.3 Å². The molecule has 0 saturated heterocycles. The van der Waals surface area contributed by atoms with Crippen molar-refractivity contribution in [2.24, 2.45) is 0 Å². The number of carbonyl (C=O) groups is 1. The molecule has 0 fully saturated rings. The van der Waals surface area contributed by atoms with Gasteiger partial charge < -0.3 is 0 Å². The quantitative estimate of drug-likeness (QED) is 0.763. The summed E-state index contributed by atoms with van der Waals surface area (Å²) < 4.78 is 0. The van der Waals surface area contributed by atoms with E-state index in [1.165, 1.54) is 6.92 Å². The summed E-state index contributed by atoms with van der Waals surface area (Å²) in [6, 6.07) is 9.66. The standard InChI is InChI=1S/C10H10BrClO/c1-7(13)10(12)9(11)8-5-3-2-4-6-8/h2-6,9-10H,1H3/t9-,10+/m0/s1. The van der Waals surface area contributed by atoms with Crippen LogP contribution in [0.2, 0.25) is 0 Å². The summed E-state index contributed by atoms with van der Waals surface area (Å²) in [5.41, 5.74) is 1.03. The van der Waals surface area contributed by atoms with Gasteiger partial charge in [-0.05, 0) is 12.5 Å². The lowest BCUT2D eigenvalue weighted by Crippen LogP contribution is -2.15. The van der Waals surface area contributed by atoms with Gasteiger partial charge in [0.1, 0.15) is 11.2 Å². The number of alkyl halides is 2. The highest BCUT2D eigenvalue weighted by atomic mass is 79.9. The Balaban J connectivity index is 2.79. The monoisotopic (exact) mass is 260 g/mol. The second-order valence-electron chi connectivity index (χ2n) is 2.82. The van der Waals surface area contributed by atoms with E-state index in [0.29, 0.717) is 0 Å². The van der Waals surface area contributed by atoms with Crippen molar-refractivity contribution in [2.75, 3.05) is 0 Å². The van der Waals surface area contributed by atoms with E-state index in [0.717, 1.165) is 5.56 Å². The molecule has 0 radical (unpaired) electrons. The molecule has 1 rings (SSSR count). The number of Topliss-reactive ketones (excluding diaryl/α,β-unsaturated/α-hetero) is 1. The molecule has 0 spiro atoms. The Morgan fingerprint density at radius 2 is 1.92 bits per heavy atom. The summed E-state index contributed by atoms with van der Waals surface area (Å²) >= 11 is 9.30. The average Bonchev–Trinajstić information content (AvgIpc) is 2.17. The summed E-state index contributed by atoms with van der Waals surface area (Å²) in [5, 5.41) is -0.498. The number of halogens is 2. The fraction of sp³-hybridized carbons (Fsp3) is 0.300. The zero-order chi connectivity index (χ0) is 9.84. The van der Waals surface area contributed by atoms with Crippen molar-refractivity contribution >= 4 is 33.3 Å². The van der Waals surface area contributed by atoms with Crippen LogP contribution in [0.15, 0.2) is 30.3 Å². The van der Waals surface area contributed by atoms with Gasteiger partial charge in [0, 0.05) is 0 Å². The zero-order valence-corrected chi connectivity index (χ0v) is 9.55. The van der Waals surface area contributed by atoms with Crippen LogP contribution >= 0.6 is 27.5 Å². The Hall–Kier alpha value is -0.340. The third kappa shape index (κ3) is 2.82. The van der Waals surface area contributed by atoms with Gasteiger partial charge in [-0.15, -0.1) is 11.6 Å². The van der Waals surface area contributed by atoms with Crippen molar-refractivity contribution in [3.63, 3.8) is 0 Å². The lowest BCUT2D eigenvalue weighted by atomic mass is 10.1. The van der Waals surface area contributed by atoms with E-state index in [9.17, 15) is 4.79 Å². The van der Waals surface area contributed by atoms with Gasteiger partial charge >= 0.3 is 0 Å². The summed E-state index contributed by atoms with van der Waals surface area (Å²) in [7, 11) is 0. The van der Waals surface area contributed by atoms with E-state index in [2.05, 4.69) is 15.9 Å². The van der Waals surface area contributed by atoms with Crippen LogP contribution in [0.4, 0.5) is 0 Å². The summed E-state index contributed by atoms with van der Waals surface area (Å²) in [6.07, 6.45) is 0. The van der Waals surface area contributed by atoms with Crippen LogP contribution in [0.3, 0.4) is 0 Å². The van der Waals surface area contributed by atoms with Crippen molar-refractivity contribution in [3.8, 4) is 0 Å². The minimum atomic E-state index is -0.498. The normalized spacial score (nSPS) is 15.0. The van der Waals surface area contributed by atoms with E-state index in [1.54, 1.807) is 0 Å². The van der Waals surface area contributed by atoms with E-state index in [-0.39, 0.29) is 10.6 Å². The van der Waals surface area contributed by atoms with Crippen LogP contribution in [0.25, 0.3) is 0 Å². The summed E-state index contributed by atoms with van der Waals surface area (Å²) in [4.78, 5) is 10.9. The molecule has 1 nitrogen and oxygen atoms in total. The van der Waals surface area contributed by atoms with Gasteiger partial charge in [-0.1, -0.05) is 46.3 Å². The topological polar surface area (TPSA) is 17.1 Å². The van der Waals surface area contributed by atoms with Crippen LogP contribution in [0.5, 0.6) is 0 Å². The Labute approximate surface area is 91.2 Å². The number of benzene rings is 1. The maximum atomic E-state index is 11.0. The van der Waals surface area contributed by atoms with Gasteiger partial charge in [-0.3, -0.25) is 4.79 Å². The molecule has 0 aliphatic carbocycles. The number of ketones is 1. The van der Waals surface area contributed by atoms with Crippen LogP contribution in [0, 0.1) is 0 Å². The van der Waals surface area contributed by atoms with Crippen LogP contribution in [-0.4, -0.2) is 11.2 Å². The van der Waals surface area contributed by atoms with Crippen LogP contribution in [0.1, 0.15) is 17.3 Å². The second-order valence-corrected chi connectivity index (χ2v) is 4.28. The van der Waals surface area contributed by atoms with E-state index < -0.39 is 5.38 Å². The second kappa shape index (κ2) is 4.77. The molecule has 13 heavy (non-hydrogen) atoms. The minimum absolute atomic E-state index is 0.0209. The smallest absolute Gasteiger partial charge is 0.149 e. The third-order valence-electron chi connectivity index (χ3n) is 1.76. The largest absolute Gasteiger partial charge is 0.298 e. The molecular weight excluding hydrogens is 251 g/mol. The molecular formula is C10H10BrClO. The number of carbonyl (C=O) groups excluding carboxylic acids is 1. The molecule has 70 valence electrons. The predicted molar refractivity (Wildman–Crippen MR) is 58.4 cm³/mol. The van der Waals surface area contributed by atoms with Gasteiger partial charge in [0.05, 0.1) is 4.83 Å². The van der Waals surface area contributed by atoms with Gasteiger partial charge in [-0.25, -0.2) is 0 Å². The maximum Gasteiger partial charge on any atom is 0.149 e. The Morgan fingerprint density at radius 1 is 1.38 bits per heavy atom. The molecule has 2 atom stereocenters. The van der Waals surface area contributed by atoms with Gasteiger partial charge in [0.25, 0.3) is 0 Å². The highest BCUT2D eigenvalue weighted by molar-refractivity contribution is 9.09. The molecule has 0 unspecified atom stereocenters. The van der Waals surface area contributed by atoms with Crippen molar-refractivity contribution in [3.05, 3.63) is 35.9 Å². The van der Waals surface area contributed by atoms with Crippen molar-refractivity contribution < 1.29 is 4.79 Å². The average molecular weight is 262 g/mol. The third-order valence-corrected chi connectivity index (χ3v) is 3.68. The van der Waals surface area contributed by atoms with E-state index >= 15 is 0 Å². The Kier molecular flexibility index (Phi) is 3.94. The molecule has 1 aromatic carbocycles. The first-order valence-corrected chi connectivity index (χ1v) is 5.31. The predicted octanol–water partition coefficient (Wildman–Crippen LogP) is 3.32. The fourth-order valence-electron chi connectivity index (χ4n) is 1.01. The maximum absolute atomic E-state index is 11.0. The lowest BCUT2D eigenvalue weighted by Gasteiger charge is -2.13. The Morgan fingerprint density at radius 3 is 2.38 bits per heavy atom. The first-order valence-electron chi connectivity index (χ1n) is 3.96. The number of rotatable bonds is 3. The van der Waals surface area contributed by atoms with Crippen LogP contribution < -0.4 is 0 Å². The number of hydrogen-bond donors (Lipinski definition) is 0. The molecule has 0 N–H and O–H groups in total. The van der Waals surface area contributed by atoms with Gasteiger partial charge in [-0.2, -0.15) is 0 Å². The highest BCUT2D eigenvalue weighted by Crippen LogP contribution is 2.30. The molecule has 0 saturated carbocycles. The Bertz CT molecular complexity index is 286. The van der Waals surface area contributed by atoms with Crippen LogP contribution in [-0.2, 0) is 4.79 Å². The number of hydrogen-bond acceptors (Lipinski definition) is 1. The molecule has 0 aliphatic rings. The zero-order valence-electron chi connectivity index (χ0n) is 7.21. The lowest BCUT2D eigenvalue weighted by molar-refractivity contribution is -0.116. The molecule has 0 bridgehead atoms. The van der Waals surface area contributed by atoms with Gasteiger partial charge in [0.2, 0.25) is 0 Å². The molecule has 3 heteroatoms. The highest BCUT2D eigenvalue weighted by Gasteiger charge is 2.21. The van der Waals surface area contributed by atoms with Crippen molar-refractivity contribution in [1.29, 1.82) is 0 Å². The molecule has 1 aromatic rings. The van der Waals surface area contributed by atoms with Gasteiger partial charge in [0.15, 0.2) is 0 Å².